The molecule has 0 saturated carbocycles. The van der Waals surface area contributed by atoms with Crippen molar-refractivity contribution in [3.8, 4) is 22.5 Å². The number of aromatic amines is 1. The summed E-state index contributed by atoms with van der Waals surface area (Å²) in [5, 5.41) is 19.8. The molecule has 36 heavy (non-hydrogen) atoms. The second kappa shape index (κ2) is 10.1. The molecule has 0 amide bonds. The minimum Gasteiger partial charge on any atom is -0.233 e. The lowest BCUT2D eigenvalue weighted by Gasteiger charge is -2.08. The standard InChI is InChI=1S/C24H20ClN7O2S2/c1-2-22-28-32(24(35-22)29-36(33,34)21-10-6-5-9-20(21)25)15-16-11-13-17(14-12-16)18-7-3-4-8-19(18)23-26-30-31-27-23/h3-14H,2,15H2,1H3,(H,26,27,30,31). The molecular formula is C24H20ClN7O2S2. The zero-order valence-electron chi connectivity index (χ0n) is 19.0. The predicted molar refractivity (Wildman–Crippen MR) is 138 cm³/mol. The molecule has 0 atom stereocenters. The highest BCUT2D eigenvalue weighted by molar-refractivity contribution is 7.90. The van der Waals surface area contributed by atoms with Crippen molar-refractivity contribution >= 4 is 33.0 Å². The highest BCUT2D eigenvalue weighted by atomic mass is 35.5. The molecule has 0 saturated heterocycles. The summed E-state index contributed by atoms with van der Waals surface area (Å²) in [5.41, 5.74) is 3.77. The molecule has 2 heterocycles. The number of H-pyrrole nitrogens is 1. The Morgan fingerprint density at radius 2 is 1.72 bits per heavy atom. The molecular weight excluding hydrogens is 518 g/mol. The Balaban J connectivity index is 1.47. The van der Waals surface area contributed by atoms with Gasteiger partial charge in [0.2, 0.25) is 10.6 Å². The summed E-state index contributed by atoms with van der Waals surface area (Å²) in [6.45, 7) is 2.33. The number of rotatable bonds is 7. The minimum absolute atomic E-state index is 0.0331. The van der Waals surface area contributed by atoms with Crippen LogP contribution in [0.5, 0.6) is 0 Å². The van der Waals surface area contributed by atoms with Gasteiger partial charge in [0, 0.05) is 5.56 Å². The zero-order valence-corrected chi connectivity index (χ0v) is 21.4. The Hall–Kier alpha value is -3.67. The van der Waals surface area contributed by atoms with Gasteiger partial charge in [0.05, 0.1) is 11.6 Å². The number of sulfonamides is 1. The number of aryl methyl sites for hydroxylation is 1. The van der Waals surface area contributed by atoms with Crippen molar-refractivity contribution in [3.05, 3.63) is 93.2 Å². The van der Waals surface area contributed by atoms with Gasteiger partial charge in [-0.3, -0.25) is 0 Å². The maximum Gasteiger partial charge on any atom is 0.286 e. The summed E-state index contributed by atoms with van der Waals surface area (Å²) in [4.78, 5) is 0.257. The van der Waals surface area contributed by atoms with Crippen LogP contribution in [0.2, 0.25) is 5.02 Å². The van der Waals surface area contributed by atoms with E-state index in [1.165, 1.54) is 23.5 Å². The van der Waals surface area contributed by atoms with E-state index >= 15 is 0 Å². The van der Waals surface area contributed by atoms with Gasteiger partial charge < -0.3 is 0 Å². The molecule has 0 aliphatic rings. The number of nitrogens with one attached hydrogen (secondary N) is 1. The summed E-state index contributed by atoms with van der Waals surface area (Å²) in [5.74, 6) is 0.519. The molecule has 182 valence electrons. The summed E-state index contributed by atoms with van der Waals surface area (Å²) in [7, 11) is -4.00. The van der Waals surface area contributed by atoms with Crippen LogP contribution < -0.4 is 4.80 Å². The molecule has 9 nitrogen and oxygen atoms in total. The minimum atomic E-state index is -4.00. The molecule has 0 aliphatic carbocycles. The third-order valence-corrected chi connectivity index (χ3v) is 8.36. The van der Waals surface area contributed by atoms with Gasteiger partial charge in [-0.15, -0.1) is 14.6 Å². The van der Waals surface area contributed by atoms with Gasteiger partial charge in [0.1, 0.15) is 9.90 Å². The molecule has 0 spiro atoms. The third-order valence-electron chi connectivity index (χ3n) is 5.39. The maximum absolute atomic E-state index is 13.0. The summed E-state index contributed by atoms with van der Waals surface area (Å²) in [6, 6.07) is 22.0. The van der Waals surface area contributed by atoms with Crippen LogP contribution in [0.4, 0.5) is 0 Å². The average Bonchev–Trinajstić information content (AvgIpc) is 3.55. The average molecular weight is 538 g/mol. The highest BCUT2D eigenvalue weighted by Crippen LogP contribution is 2.30. The van der Waals surface area contributed by atoms with Gasteiger partial charge in [-0.25, -0.2) is 4.68 Å². The highest BCUT2D eigenvalue weighted by Gasteiger charge is 2.18. The summed E-state index contributed by atoms with van der Waals surface area (Å²) < 4.78 is 31.6. The topological polar surface area (TPSA) is 119 Å². The van der Waals surface area contributed by atoms with Crippen LogP contribution in [-0.2, 0) is 23.0 Å². The Bertz CT molecular complexity index is 1680. The molecule has 0 radical (unpaired) electrons. The first-order valence-corrected chi connectivity index (χ1v) is 13.6. The first-order valence-electron chi connectivity index (χ1n) is 11.0. The van der Waals surface area contributed by atoms with Gasteiger partial charge in [-0.1, -0.05) is 90.5 Å². The Kier molecular flexibility index (Phi) is 6.77. The van der Waals surface area contributed by atoms with E-state index in [2.05, 4.69) is 30.1 Å². The molecule has 0 aliphatic heterocycles. The number of aromatic nitrogens is 6. The van der Waals surface area contributed by atoms with Crippen molar-refractivity contribution in [2.24, 2.45) is 4.40 Å². The lowest BCUT2D eigenvalue weighted by atomic mass is 9.98. The lowest BCUT2D eigenvalue weighted by Crippen LogP contribution is -2.19. The van der Waals surface area contributed by atoms with Crippen LogP contribution in [0.3, 0.4) is 0 Å². The number of hydrogen-bond donors (Lipinski definition) is 1. The van der Waals surface area contributed by atoms with Crippen LogP contribution in [0, 0.1) is 0 Å². The van der Waals surface area contributed by atoms with Gasteiger partial charge in [-0.05, 0) is 40.5 Å². The van der Waals surface area contributed by atoms with Gasteiger partial charge in [-0.2, -0.15) is 18.7 Å². The molecule has 2 aromatic heterocycles. The number of tetrazole rings is 1. The predicted octanol–water partition coefficient (Wildman–Crippen LogP) is 4.35. The molecule has 0 bridgehead atoms. The van der Waals surface area contributed by atoms with Crippen molar-refractivity contribution in [3.63, 3.8) is 0 Å². The normalized spacial score (nSPS) is 12.2. The van der Waals surface area contributed by atoms with E-state index in [1.807, 2.05) is 55.5 Å². The van der Waals surface area contributed by atoms with Crippen LogP contribution in [0.25, 0.3) is 22.5 Å². The summed E-state index contributed by atoms with van der Waals surface area (Å²) in [6.07, 6.45) is 0.665. The number of nitrogens with zero attached hydrogens (tertiary/aromatic N) is 6. The van der Waals surface area contributed by atoms with Gasteiger partial charge in [0.25, 0.3) is 10.0 Å². The largest absolute Gasteiger partial charge is 0.286 e. The molecule has 5 rings (SSSR count). The van der Waals surface area contributed by atoms with E-state index in [4.69, 9.17) is 11.6 Å². The molecule has 0 unspecified atom stereocenters. The molecule has 0 fully saturated rings. The Morgan fingerprint density at radius 3 is 2.42 bits per heavy atom. The van der Waals surface area contributed by atoms with Crippen LogP contribution in [0.15, 0.2) is 82.1 Å². The third kappa shape index (κ3) is 4.99. The second-order valence-electron chi connectivity index (χ2n) is 7.76. The van der Waals surface area contributed by atoms with E-state index in [1.54, 1.807) is 16.8 Å². The van der Waals surface area contributed by atoms with Crippen molar-refractivity contribution in [2.75, 3.05) is 0 Å². The van der Waals surface area contributed by atoms with Crippen molar-refractivity contribution in [2.45, 2.75) is 24.8 Å². The Labute approximate surface area is 216 Å². The monoisotopic (exact) mass is 537 g/mol. The van der Waals surface area contributed by atoms with Crippen molar-refractivity contribution in [1.82, 2.24) is 30.4 Å². The number of hydrogen-bond acceptors (Lipinski definition) is 7. The lowest BCUT2D eigenvalue weighted by molar-refractivity contribution is 0.592. The first kappa shape index (κ1) is 24.0. The van der Waals surface area contributed by atoms with E-state index in [0.717, 1.165) is 27.3 Å². The van der Waals surface area contributed by atoms with Crippen LogP contribution >= 0.6 is 22.9 Å². The van der Waals surface area contributed by atoms with Gasteiger partial charge >= 0.3 is 0 Å². The first-order chi connectivity index (χ1) is 17.4. The fourth-order valence-corrected chi connectivity index (χ4v) is 6.18. The van der Waals surface area contributed by atoms with Crippen LogP contribution in [-0.4, -0.2) is 38.8 Å². The SMILES string of the molecule is CCc1nn(Cc2ccc(-c3ccccc3-c3nn[nH]n3)cc2)c(=NS(=O)(=O)c2ccccc2Cl)s1. The number of halogens is 1. The zero-order chi connectivity index (χ0) is 25.1. The number of benzene rings is 3. The van der Waals surface area contributed by atoms with Crippen molar-refractivity contribution < 1.29 is 8.42 Å². The van der Waals surface area contributed by atoms with E-state index in [9.17, 15) is 8.42 Å². The van der Waals surface area contributed by atoms with Crippen molar-refractivity contribution in [1.29, 1.82) is 0 Å². The smallest absolute Gasteiger partial charge is 0.233 e. The maximum atomic E-state index is 13.0. The molecule has 12 heteroatoms. The van der Waals surface area contributed by atoms with E-state index in [0.29, 0.717) is 23.6 Å². The van der Waals surface area contributed by atoms with E-state index < -0.39 is 10.0 Å². The van der Waals surface area contributed by atoms with Gasteiger partial charge in [0.15, 0.2) is 0 Å². The fraction of sp³-hybridized carbons (Fsp3) is 0.125. The Morgan fingerprint density at radius 1 is 1.00 bits per heavy atom. The van der Waals surface area contributed by atoms with Crippen LogP contribution in [0.1, 0.15) is 17.5 Å². The summed E-state index contributed by atoms with van der Waals surface area (Å²) >= 11 is 7.36. The quantitative estimate of drug-likeness (QED) is 0.330. The molecule has 3 aromatic carbocycles. The molecule has 1 N–H and O–H groups in total. The fourth-order valence-electron chi connectivity index (χ4n) is 3.64. The van der Waals surface area contributed by atoms with E-state index in [-0.39, 0.29) is 9.92 Å². The molecule has 5 aromatic rings. The second-order valence-corrected chi connectivity index (χ2v) is 10.8.